The summed E-state index contributed by atoms with van der Waals surface area (Å²) in [5, 5.41) is 0. The smallest absolute Gasteiger partial charge is 0.134 e. The van der Waals surface area contributed by atoms with Crippen LogP contribution in [0.2, 0.25) is 0 Å². The average molecular weight is 222 g/mol. The molecule has 0 bridgehead atoms. The van der Waals surface area contributed by atoms with E-state index in [9.17, 15) is 0 Å². The number of hydrogen-bond donors (Lipinski definition) is 0. The van der Waals surface area contributed by atoms with Crippen LogP contribution in [0.4, 0.5) is 0 Å². The third kappa shape index (κ3) is 2.21. The third-order valence-electron chi connectivity index (χ3n) is 4.11. The van der Waals surface area contributed by atoms with Gasteiger partial charge in [0.25, 0.3) is 0 Å². The topological polar surface area (TPSA) is 18.5 Å². The first kappa shape index (κ1) is 10.5. The van der Waals surface area contributed by atoms with Crippen LogP contribution < -0.4 is 0 Å². The summed E-state index contributed by atoms with van der Waals surface area (Å²) < 4.78 is 12.0. The molecule has 0 saturated heterocycles. The number of ether oxygens (including phenoxy) is 2. The number of hydrogen-bond acceptors (Lipinski definition) is 2. The third-order valence-corrected chi connectivity index (χ3v) is 4.11. The molecular formula is C14H22O2. The second kappa shape index (κ2) is 4.68. The lowest BCUT2D eigenvalue weighted by molar-refractivity contribution is 0.0410. The first-order chi connectivity index (χ1) is 7.92. The standard InChI is InChI=1S/C14H22O2/c1-2-6-11(5-1)15-13-9-10-14(13)16-12-7-3-4-8-12/h11-12H,1-10H2. The van der Waals surface area contributed by atoms with Gasteiger partial charge in [0.2, 0.25) is 0 Å². The molecule has 0 radical (unpaired) electrons. The minimum atomic E-state index is 0.498. The van der Waals surface area contributed by atoms with Crippen LogP contribution in [0.3, 0.4) is 0 Å². The minimum Gasteiger partial charge on any atom is -0.491 e. The van der Waals surface area contributed by atoms with Gasteiger partial charge in [0.15, 0.2) is 0 Å². The summed E-state index contributed by atoms with van der Waals surface area (Å²) in [5.74, 6) is 2.36. The molecule has 0 N–H and O–H groups in total. The van der Waals surface area contributed by atoms with Gasteiger partial charge in [0.05, 0.1) is 12.2 Å². The van der Waals surface area contributed by atoms with Gasteiger partial charge in [0, 0.05) is 12.8 Å². The van der Waals surface area contributed by atoms with E-state index in [4.69, 9.17) is 9.47 Å². The van der Waals surface area contributed by atoms with Gasteiger partial charge in [-0.3, -0.25) is 0 Å². The Balaban J connectivity index is 1.52. The summed E-state index contributed by atoms with van der Waals surface area (Å²) in [6.45, 7) is 0. The van der Waals surface area contributed by atoms with Crippen molar-refractivity contribution >= 4 is 0 Å². The van der Waals surface area contributed by atoms with Crippen molar-refractivity contribution in [2.24, 2.45) is 0 Å². The lowest BCUT2D eigenvalue weighted by Gasteiger charge is -2.28. The number of rotatable bonds is 4. The van der Waals surface area contributed by atoms with E-state index >= 15 is 0 Å². The molecule has 0 heterocycles. The highest BCUT2D eigenvalue weighted by Crippen LogP contribution is 2.36. The van der Waals surface area contributed by atoms with Crippen LogP contribution in [-0.4, -0.2) is 12.2 Å². The summed E-state index contributed by atoms with van der Waals surface area (Å²) in [6, 6.07) is 0. The molecule has 0 amide bonds. The van der Waals surface area contributed by atoms with Gasteiger partial charge in [-0.15, -0.1) is 0 Å². The number of allylic oxidation sites excluding steroid dienone is 2. The fraction of sp³-hybridized carbons (Fsp3) is 0.857. The highest BCUT2D eigenvalue weighted by Gasteiger charge is 2.28. The van der Waals surface area contributed by atoms with E-state index in [-0.39, 0.29) is 0 Å². The Labute approximate surface area is 98.0 Å². The molecule has 0 spiro atoms. The zero-order valence-electron chi connectivity index (χ0n) is 10.0. The van der Waals surface area contributed by atoms with Gasteiger partial charge in [-0.2, -0.15) is 0 Å². The molecule has 0 aromatic heterocycles. The second-order valence-corrected chi connectivity index (χ2v) is 5.39. The maximum atomic E-state index is 6.02. The van der Waals surface area contributed by atoms with Crippen molar-refractivity contribution in [3.8, 4) is 0 Å². The first-order valence-corrected chi connectivity index (χ1v) is 6.97. The summed E-state index contributed by atoms with van der Waals surface area (Å²) in [5.41, 5.74) is 0. The van der Waals surface area contributed by atoms with Crippen molar-refractivity contribution in [2.45, 2.75) is 76.4 Å². The van der Waals surface area contributed by atoms with Crippen molar-refractivity contribution in [3.05, 3.63) is 11.5 Å². The van der Waals surface area contributed by atoms with Crippen molar-refractivity contribution < 1.29 is 9.47 Å². The van der Waals surface area contributed by atoms with Crippen LogP contribution in [0.15, 0.2) is 11.5 Å². The van der Waals surface area contributed by atoms with Gasteiger partial charge >= 0.3 is 0 Å². The monoisotopic (exact) mass is 222 g/mol. The van der Waals surface area contributed by atoms with E-state index in [1.54, 1.807) is 0 Å². The summed E-state index contributed by atoms with van der Waals surface area (Å²) >= 11 is 0. The fourth-order valence-corrected chi connectivity index (χ4v) is 2.99. The molecule has 2 fully saturated rings. The SMILES string of the molecule is C1CCC(OC2=C(OC3CCCC3)CC2)C1. The van der Waals surface area contributed by atoms with E-state index in [1.807, 2.05) is 0 Å². The summed E-state index contributed by atoms with van der Waals surface area (Å²) in [4.78, 5) is 0. The van der Waals surface area contributed by atoms with Gasteiger partial charge in [-0.25, -0.2) is 0 Å². The molecule has 2 heteroatoms. The highest BCUT2D eigenvalue weighted by atomic mass is 16.5. The van der Waals surface area contributed by atoms with Crippen molar-refractivity contribution in [2.75, 3.05) is 0 Å². The zero-order chi connectivity index (χ0) is 10.8. The molecule has 3 rings (SSSR count). The largest absolute Gasteiger partial charge is 0.491 e. The first-order valence-electron chi connectivity index (χ1n) is 6.97. The lowest BCUT2D eigenvalue weighted by atomic mass is 10.0. The molecule has 3 aliphatic rings. The van der Waals surface area contributed by atoms with E-state index in [1.165, 1.54) is 62.9 Å². The summed E-state index contributed by atoms with van der Waals surface area (Å²) in [6.07, 6.45) is 13.6. The quantitative estimate of drug-likeness (QED) is 0.718. The van der Waals surface area contributed by atoms with Crippen LogP contribution in [0.1, 0.15) is 64.2 Å². The summed E-state index contributed by atoms with van der Waals surface area (Å²) in [7, 11) is 0. The average Bonchev–Trinajstić information content (AvgIpc) is 2.94. The molecule has 2 saturated carbocycles. The van der Waals surface area contributed by atoms with Gasteiger partial charge in [0.1, 0.15) is 11.5 Å². The van der Waals surface area contributed by atoms with Crippen molar-refractivity contribution in [3.63, 3.8) is 0 Å². The Morgan fingerprint density at radius 3 is 1.31 bits per heavy atom. The second-order valence-electron chi connectivity index (χ2n) is 5.39. The molecule has 2 nitrogen and oxygen atoms in total. The van der Waals surface area contributed by atoms with Crippen molar-refractivity contribution in [1.82, 2.24) is 0 Å². The molecule has 0 aromatic rings. The van der Waals surface area contributed by atoms with Crippen LogP contribution in [0.5, 0.6) is 0 Å². The normalized spacial score (nSPS) is 27.2. The maximum Gasteiger partial charge on any atom is 0.134 e. The minimum absolute atomic E-state index is 0.498. The van der Waals surface area contributed by atoms with Gasteiger partial charge < -0.3 is 9.47 Å². The van der Waals surface area contributed by atoms with Crippen LogP contribution in [0.25, 0.3) is 0 Å². The van der Waals surface area contributed by atoms with Crippen LogP contribution in [0, 0.1) is 0 Å². The molecule has 90 valence electrons. The van der Waals surface area contributed by atoms with Crippen LogP contribution >= 0.6 is 0 Å². The molecule has 0 aliphatic heterocycles. The predicted molar refractivity (Wildman–Crippen MR) is 62.9 cm³/mol. The Morgan fingerprint density at radius 2 is 1.00 bits per heavy atom. The Kier molecular flexibility index (Phi) is 3.07. The molecule has 0 unspecified atom stereocenters. The van der Waals surface area contributed by atoms with E-state index in [0.717, 1.165) is 12.8 Å². The van der Waals surface area contributed by atoms with Crippen molar-refractivity contribution in [1.29, 1.82) is 0 Å². The molecule has 0 aromatic carbocycles. The lowest BCUT2D eigenvalue weighted by Crippen LogP contribution is -2.19. The highest BCUT2D eigenvalue weighted by molar-refractivity contribution is 5.14. The van der Waals surface area contributed by atoms with Gasteiger partial charge in [-0.1, -0.05) is 0 Å². The van der Waals surface area contributed by atoms with E-state index < -0.39 is 0 Å². The van der Waals surface area contributed by atoms with Crippen LogP contribution in [-0.2, 0) is 9.47 Å². The Hall–Kier alpha value is -0.660. The predicted octanol–water partition coefficient (Wildman–Crippen LogP) is 3.91. The Bertz CT molecular complexity index is 242. The molecule has 3 aliphatic carbocycles. The van der Waals surface area contributed by atoms with Gasteiger partial charge in [-0.05, 0) is 51.4 Å². The maximum absolute atomic E-state index is 6.02. The van der Waals surface area contributed by atoms with E-state index in [0.29, 0.717) is 12.2 Å². The molecular weight excluding hydrogens is 200 g/mol. The molecule has 0 atom stereocenters. The Morgan fingerprint density at radius 1 is 0.625 bits per heavy atom. The zero-order valence-corrected chi connectivity index (χ0v) is 10.0. The molecule has 16 heavy (non-hydrogen) atoms. The fourth-order valence-electron chi connectivity index (χ4n) is 2.99. The van der Waals surface area contributed by atoms with E-state index in [2.05, 4.69) is 0 Å².